The Morgan fingerprint density at radius 3 is 2.26 bits per heavy atom. The molecule has 0 atom stereocenters. The zero-order valence-corrected chi connectivity index (χ0v) is 21.9. The Morgan fingerprint density at radius 1 is 0.921 bits per heavy atom. The van der Waals surface area contributed by atoms with Crippen molar-refractivity contribution < 1.29 is 18.0 Å². The Bertz CT molecular complexity index is 1430. The molecule has 0 spiro atoms. The number of hydrogen-bond acceptors (Lipinski definition) is 5. The van der Waals surface area contributed by atoms with Crippen molar-refractivity contribution in [2.24, 2.45) is 0 Å². The van der Waals surface area contributed by atoms with Gasteiger partial charge >= 0.3 is 6.18 Å². The fourth-order valence-electron chi connectivity index (χ4n) is 4.72. The number of benzene rings is 3. The fraction of sp³-hybridized carbons (Fsp3) is 0.207. The van der Waals surface area contributed by atoms with E-state index in [2.05, 4.69) is 4.90 Å². The third kappa shape index (κ3) is 5.57. The van der Waals surface area contributed by atoms with Gasteiger partial charge in [0.1, 0.15) is 0 Å². The van der Waals surface area contributed by atoms with Gasteiger partial charge in [-0.1, -0.05) is 48.0 Å². The average Bonchev–Trinajstić information content (AvgIpc) is 3.24. The molecule has 196 valence electrons. The summed E-state index contributed by atoms with van der Waals surface area (Å²) in [5, 5.41) is 1.00. The molecule has 0 unspecified atom stereocenters. The minimum Gasteiger partial charge on any atom is -0.390 e. The number of anilines is 2. The van der Waals surface area contributed by atoms with Gasteiger partial charge in [0, 0.05) is 53.9 Å². The number of nitrogens with two attached hydrogens (primary N) is 1. The van der Waals surface area contributed by atoms with E-state index in [9.17, 15) is 18.0 Å². The molecule has 0 radical (unpaired) electrons. The van der Waals surface area contributed by atoms with Gasteiger partial charge < -0.3 is 10.6 Å². The van der Waals surface area contributed by atoms with E-state index in [-0.39, 0.29) is 5.78 Å². The second-order valence-corrected chi connectivity index (χ2v) is 10.7. The maximum absolute atomic E-state index is 13.6. The lowest BCUT2D eigenvalue weighted by atomic mass is 9.97. The molecule has 1 aliphatic rings. The SMILES string of the molecule is Nc1sc(-c2ccccc2)c(CN2CCN(c3cccc(C(F)(F)F)c3)CC2)c1C(=O)c1ccc(Cl)cc1. The molecule has 1 fully saturated rings. The molecule has 1 aliphatic heterocycles. The normalized spacial score (nSPS) is 14.6. The monoisotopic (exact) mass is 555 g/mol. The van der Waals surface area contributed by atoms with E-state index in [1.165, 1.54) is 23.5 Å². The minimum absolute atomic E-state index is 0.157. The summed E-state index contributed by atoms with van der Waals surface area (Å²) in [5.41, 5.74) is 9.22. The van der Waals surface area contributed by atoms with Crippen molar-refractivity contribution in [3.05, 3.63) is 106 Å². The first-order valence-electron chi connectivity index (χ1n) is 12.1. The number of nitrogens with zero attached hydrogens (tertiary/aromatic N) is 2. The summed E-state index contributed by atoms with van der Waals surface area (Å²) >= 11 is 7.42. The molecule has 2 heterocycles. The van der Waals surface area contributed by atoms with Crippen LogP contribution in [0.15, 0.2) is 78.9 Å². The van der Waals surface area contributed by atoms with Crippen LogP contribution in [0.5, 0.6) is 0 Å². The molecule has 0 bridgehead atoms. The van der Waals surface area contributed by atoms with E-state index in [1.54, 1.807) is 30.3 Å². The highest BCUT2D eigenvalue weighted by atomic mass is 35.5. The summed E-state index contributed by atoms with van der Waals surface area (Å²) in [6, 6.07) is 22.0. The number of hydrogen-bond donors (Lipinski definition) is 1. The quantitative estimate of drug-likeness (QED) is 0.255. The van der Waals surface area contributed by atoms with Crippen LogP contribution in [0, 0.1) is 0 Å². The topological polar surface area (TPSA) is 49.6 Å². The summed E-state index contributed by atoms with van der Waals surface area (Å²) in [5.74, 6) is -0.157. The van der Waals surface area contributed by atoms with Crippen LogP contribution in [0.2, 0.25) is 5.02 Å². The molecule has 2 N–H and O–H groups in total. The number of thiophene rings is 1. The number of ketones is 1. The van der Waals surface area contributed by atoms with Crippen LogP contribution < -0.4 is 10.6 Å². The molecule has 5 rings (SSSR count). The highest BCUT2D eigenvalue weighted by Crippen LogP contribution is 2.41. The predicted molar refractivity (Wildman–Crippen MR) is 148 cm³/mol. The highest BCUT2D eigenvalue weighted by Gasteiger charge is 2.31. The third-order valence-corrected chi connectivity index (χ3v) is 8.06. The van der Waals surface area contributed by atoms with Crippen molar-refractivity contribution in [2.75, 3.05) is 36.8 Å². The largest absolute Gasteiger partial charge is 0.416 e. The second kappa shape index (κ2) is 10.8. The van der Waals surface area contributed by atoms with Gasteiger partial charge in [-0.25, -0.2) is 0 Å². The van der Waals surface area contributed by atoms with E-state index in [1.807, 2.05) is 35.2 Å². The van der Waals surface area contributed by atoms with Crippen LogP contribution in [0.4, 0.5) is 23.9 Å². The first-order valence-corrected chi connectivity index (χ1v) is 13.3. The molecule has 4 nitrogen and oxygen atoms in total. The van der Waals surface area contributed by atoms with Crippen molar-refractivity contribution in [3.8, 4) is 10.4 Å². The maximum atomic E-state index is 13.6. The number of carbonyl (C=O) groups is 1. The van der Waals surface area contributed by atoms with Crippen LogP contribution in [0.3, 0.4) is 0 Å². The number of rotatable bonds is 6. The summed E-state index contributed by atoms with van der Waals surface area (Å²) in [6.07, 6.45) is -4.38. The van der Waals surface area contributed by atoms with Crippen molar-refractivity contribution >= 4 is 39.4 Å². The van der Waals surface area contributed by atoms with Gasteiger partial charge in [0.2, 0.25) is 0 Å². The Hall–Kier alpha value is -3.33. The molecular formula is C29H25ClF3N3OS. The second-order valence-electron chi connectivity index (χ2n) is 9.16. The molecule has 0 amide bonds. The van der Waals surface area contributed by atoms with Gasteiger partial charge in [0.05, 0.1) is 16.1 Å². The smallest absolute Gasteiger partial charge is 0.390 e. The van der Waals surface area contributed by atoms with E-state index in [0.717, 1.165) is 22.1 Å². The lowest BCUT2D eigenvalue weighted by Gasteiger charge is -2.36. The average molecular weight is 556 g/mol. The predicted octanol–water partition coefficient (Wildman–Crippen LogP) is 7.22. The maximum Gasteiger partial charge on any atom is 0.416 e. The summed E-state index contributed by atoms with van der Waals surface area (Å²) in [4.78, 5) is 18.7. The Kier molecular flexibility index (Phi) is 7.47. The van der Waals surface area contributed by atoms with Crippen molar-refractivity contribution in [1.29, 1.82) is 0 Å². The molecule has 4 aromatic rings. The van der Waals surface area contributed by atoms with Gasteiger partial charge in [-0.3, -0.25) is 9.69 Å². The zero-order valence-electron chi connectivity index (χ0n) is 20.3. The number of alkyl halides is 3. The van der Waals surface area contributed by atoms with Gasteiger partial charge in [0.25, 0.3) is 0 Å². The first-order chi connectivity index (χ1) is 18.2. The standard InChI is InChI=1S/C29H25ClF3N3OS/c30-22-11-9-19(10-12-22)26(37)25-24(27(38-28(25)34)20-5-2-1-3-6-20)18-35-13-15-36(16-14-35)23-8-4-7-21(17-23)29(31,32)33/h1-12,17H,13-16,18,34H2. The van der Waals surface area contributed by atoms with Crippen LogP contribution in [-0.2, 0) is 12.7 Å². The number of halogens is 4. The van der Waals surface area contributed by atoms with E-state index < -0.39 is 11.7 Å². The van der Waals surface area contributed by atoms with Gasteiger partial charge in [-0.2, -0.15) is 13.2 Å². The van der Waals surface area contributed by atoms with Crippen molar-refractivity contribution in [1.82, 2.24) is 4.90 Å². The minimum atomic E-state index is -4.38. The Balaban J connectivity index is 1.41. The number of nitrogen functional groups attached to an aromatic ring is 1. The van der Waals surface area contributed by atoms with Crippen LogP contribution in [0.1, 0.15) is 27.0 Å². The highest BCUT2D eigenvalue weighted by molar-refractivity contribution is 7.20. The molecule has 1 aromatic heterocycles. The van der Waals surface area contributed by atoms with E-state index in [4.69, 9.17) is 17.3 Å². The van der Waals surface area contributed by atoms with Crippen LogP contribution >= 0.6 is 22.9 Å². The van der Waals surface area contributed by atoms with Gasteiger partial charge in [-0.15, -0.1) is 11.3 Å². The molecule has 9 heteroatoms. The van der Waals surface area contributed by atoms with E-state index >= 15 is 0 Å². The molecular weight excluding hydrogens is 531 g/mol. The number of piperazine rings is 1. The summed E-state index contributed by atoms with van der Waals surface area (Å²) in [7, 11) is 0. The Labute approximate surface area is 228 Å². The first kappa shape index (κ1) is 26.3. The molecule has 3 aromatic carbocycles. The van der Waals surface area contributed by atoms with Gasteiger partial charge in [-0.05, 0) is 53.6 Å². The summed E-state index contributed by atoms with van der Waals surface area (Å²) < 4.78 is 39.6. The Morgan fingerprint density at radius 2 is 1.61 bits per heavy atom. The summed E-state index contributed by atoms with van der Waals surface area (Å²) in [6.45, 7) is 2.91. The molecule has 38 heavy (non-hydrogen) atoms. The van der Waals surface area contributed by atoms with Crippen LogP contribution in [-0.4, -0.2) is 36.9 Å². The fourth-order valence-corrected chi connectivity index (χ4v) is 5.93. The lowest BCUT2D eigenvalue weighted by Crippen LogP contribution is -2.46. The third-order valence-electron chi connectivity index (χ3n) is 6.70. The zero-order chi connectivity index (χ0) is 26.9. The molecule has 0 saturated carbocycles. The van der Waals surface area contributed by atoms with Crippen molar-refractivity contribution in [2.45, 2.75) is 12.7 Å². The lowest BCUT2D eigenvalue weighted by molar-refractivity contribution is -0.137. The van der Waals surface area contributed by atoms with Gasteiger partial charge in [0.15, 0.2) is 5.78 Å². The van der Waals surface area contributed by atoms with Crippen molar-refractivity contribution in [3.63, 3.8) is 0 Å². The number of carbonyl (C=O) groups excluding carboxylic acids is 1. The molecule has 0 aliphatic carbocycles. The van der Waals surface area contributed by atoms with Crippen LogP contribution in [0.25, 0.3) is 10.4 Å². The molecule has 1 saturated heterocycles. The van der Waals surface area contributed by atoms with E-state index in [0.29, 0.717) is 59.6 Å².